The van der Waals surface area contributed by atoms with Crippen molar-refractivity contribution in [2.45, 2.75) is 53.8 Å². The Morgan fingerprint density at radius 2 is 1.64 bits per heavy atom. The van der Waals surface area contributed by atoms with Crippen LogP contribution >= 0.6 is 11.6 Å². The average Bonchev–Trinajstić information content (AvgIpc) is 3.36. The normalized spacial score (nSPS) is 11.0. The van der Waals surface area contributed by atoms with E-state index in [2.05, 4.69) is 5.10 Å². The number of amides is 1. The molecule has 4 aromatic rings. The van der Waals surface area contributed by atoms with Gasteiger partial charge in [0.05, 0.1) is 19.2 Å². The standard InChI is InChI=1S/C29H25ClFN3O4.2C2H6/c1-33-28-23-14-21(30)10-11-25(23)38-17-24(28)27(32-33)29(36)34(16-20-4-3-5-22(31)12-20)15-19-8-6-18(7-9-19)13-26(35)37-2;2*1-2/h3-12,14H,13,15-17H2,1-2H3;2*1-2H3. The van der Waals surface area contributed by atoms with E-state index in [1.807, 2.05) is 52.0 Å². The summed E-state index contributed by atoms with van der Waals surface area (Å²) in [6, 6.07) is 18.9. The van der Waals surface area contributed by atoms with Crippen molar-refractivity contribution in [3.8, 4) is 17.0 Å². The van der Waals surface area contributed by atoms with Crippen molar-refractivity contribution < 1.29 is 23.5 Å². The minimum absolute atomic E-state index is 0.161. The van der Waals surface area contributed by atoms with E-state index in [0.717, 1.165) is 22.4 Å². The number of carbonyl (C=O) groups is 2. The predicted molar refractivity (Wildman–Crippen MR) is 163 cm³/mol. The lowest BCUT2D eigenvalue weighted by Crippen LogP contribution is -2.31. The van der Waals surface area contributed by atoms with Gasteiger partial charge in [-0.15, -0.1) is 0 Å². The Morgan fingerprint density at radius 1 is 0.976 bits per heavy atom. The molecule has 9 heteroatoms. The molecule has 1 amide bonds. The number of benzene rings is 3. The van der Waals surface area contributed by atoms with E-state index >= 15 is 0 Å². The quantitative estimate of drug-likeness (QED) is 0.209. The van der Waals surface area contributed by atoms with Gasteiger partial charge < -0.3 is 14.4 Å². The highest BCUT2D eigenvalue weighted by Gasteiger charge is 2.31. The number of rotatable bonds is 7. The van der Waals surface area contributed by atoms with Crippen LogP contribution in [0, 0.1) is 5.82 Å². The molecule has 1 aromatic heterocycles. The largest absolute Gasteiger partial charge is 0.488 e. The van der Waals surface area contributed by atoms with Gasteiger partial charge in [0.25, 0.3) is 5.91 Å². The maximum absolute atomic E-state index is 14.0. The van der Waals surface area contributed by atoms with Gasteiger partial charge in [0.2, 0.25) is 0 Å². The highest BCUT2D eigenvalue weighted by Crippen LogP contribution is 2.40. The van der Waals surface area contributed by atoms with Crippen LogP contribution in [0.2, 0.25) is 5.02 Å². The summed E-state index contributed by atoms with van der Waals surface area (Å²) in [6.07, 6.45) is 0.161. The van der Waals surface area contributed by atoms with Gasteiger partial charge in [-0.2, -0.15) is 5.10 Å². The molecule has 3 aromatic carbocycles. The molecule has 222 valence electrons. The molecule has 0 saturated carbocycles. The predicted octanol–water partition coefficient (Wildman–Crippen LogP) is 7.38. The highest BCUT2D eigenvalue weighted by atomic mass is 35.5. The molecule has 0 spiro atoms. The number of esters is 1. The van der Waals surface area contributed by atoms with Crippen molar-refractivity contribution in [2.75, 3.05) is 7.11 Å². The number of fused-ring (bicyclic) bond motifs is 3. The summed E-state index contributed by atoms with van der Waals surface area (Å²) in [5, 5.41) is 5.13. The number of hydrogen-bond acceptors (Lipinski definition) is 5. The number of ether oxygens (including phenoxy) is 2. The topological polar surface area (TPSA) is 73.7 Å². The number of halogens is 2. The molecule has 0 fully saturated rings. The van der Waals surface area contributed by atoms with Crippen molar-refractivity contribution in [3.63, 3.8) is 0 Å². The van der Waals surface area contributed by atoms with Gasteiger partial charge in [0, 0.05) is 36.3 Å². The van der Waals surface area contributed by atoms with Crippen LogP contribution in [0.3, 0.4) is 0 Å². The number of aromatic nitrogens is 2. The molecule has 0 saturated heterocycles. The fourth-order valence-electron chi connectivity index (χ4n) is 4.60. The monoisotopic (exact) mass is 593 g/mol. The lowest BCUT2D eigenvalue weighted by molar-refractivity contribution is -0.139. The van der Waals surface area contributed by atoms with Crippen molar-refractivity contribution in [1.82, 2.24) is 14.7 Å². The van der Waals surface area contributed by atoms with Crippen LogP contribution in [0.15, 0.2) is 66.7 Å². The first-order chi connectivity index (χ1) is 20.3. The smallest absolute Gasteiger partial charge is 0.309 e. The summed E-state index contributed by atoms with van der Waals surface area (Å²) in [7, 11) is 3.13. The fraction of sp³-hybridized carbons (Fsp3) is 0.303. The van der Waals surface area contributed by atoms with Crippen LogP contribution < -0.4 is 4.74 Å². The molecule has 42 heavy (non-hydrogen) atoms. The molecule has 2 heterocycles. The Hall–Kier alpha value is -4.17. The van der Waals surface area contributed by atoms with Crippen LogP contribution in [0.25, 0.3) is 11.3 Å². The van der Waals surface area contributed by atoms with E-state index in [4.69, 9.17) is 21.1 Å². The Labute approximate surface area is 251 Å². The first kappa shape index (κ1) is 32.3. The molecule has 5 rings (SSSR count). The molecule has 0 atom stereocenters. The Kier molecular flexibility index (Phi) is 11.7. The third kappa shape index (κ3) is 7.56. The number of methoxy groups -OCH3 is 1. The first-order valence-electron chi connectivity index (χ1n) is 14.0. The summed E-state index contributed by atoms with van der Waals surface area (Å²) in [6.45, 7) is 8.62. The van der Waals surface area contributed by atoms with Gasteiger partial charge >= 0.3 is 5.97 Å². The maximum Gasteiger partial charge on any atom is 0.309 e. The van der Waals surface area contributed by atoms with Gasteiger partial charge in [-0.1, -0.05) is 75.7 Å². The molecular formula is C33H37ClFN3O4. The zero-order valence-electron chi connectivity index (χ0n) is 24.9. The van der Waals surface area contributed by atoms with Crippen LogP contribution in [-0.4, -0.2) is 33.7 Å². The fourth-order valence-corrected chi connectivity index (χ4v) is 4.78. The summed E-state index contributed by atoms with van der Waals surface area (Å²) < 4.78 is 26.3. The van der Waals surface area contributed by atoms with Gasteiger partial charge in [-0.25, -0.2) is 4.39 Å². The summed E-state index contributed by atoms with van der Waals surface area (Å²) in [5.74, 6) is -0.337. The van der Waals surface area contributed by atoms with Crippen LogP contribution in [0.4, 0.5) is 4.39 Å². The molecule has 0 unspecified atom stereocenters. The van der Waals surface area contributed by atoms with E-state index < -0.39 is 0 Å². The van der Waals surface area contributed by atoms with Crippen molar-refractivity contribution in [2.24, 2.45) is 7.05 Å². The SMILES string of the molecule is CC.CC.COC(=O)Cc1ccc(CN(Cc2cccc(F)c2)C(=O)c2nn(C)c3c2COc2ccc(Cl)cc2-3)cc1. The summed E-state index contributed by atoms with van der Waals surface area (Å²) in [4.78, 5) is 27.2. The number of hydrogen-bond donors (Lipinski definition) is 0. The lowest BCUT2D eigenvalue weighted by Gasteiger charge is -2.24. The first-order valence-corrected chi connectivity index (χ1v) is 14.4. The Bertz CT molecular complexity index is 1520. The van der Waals surface area contributed by atoms with Gasteiger partial charge in [-0.3, -0.25) is 14.3 Å². The third-order valence-electron chi connectivity index (χ3n) is 6.44. The van der Waals surface area contributed by atoms with E-state index in [9.17, 15) is 14.0 Å². The van der Waals surface area contributed by atoms with Gasteiger partial charge in [0.15, 0.2) is 5.69 Å². The zero-order chi connectivity index (χ0) is 30.8. The number of carbonyl (C=O) groups excluding carboxylic acids is 2. The van der Waals surface area contributed by atoms with Crippen molar-refractivity contribution in [1.29, 1.82) is 0 Å². The second kappa shape index (κ2) is 15.2. The zero-order valence-corrected chi connectivity index (χ0v) is 25.7. The van der Waals surface area contributed by atoms with E-state index in [1.54, 1.807) is 47.0 Å². The van der Waals surface area contributed by atoms with E-state index in [-0.39, 0.29) is 49.5 Å². The van der Waals surface area contributed by atoms with Gasteiger partial charge in [0.1, 0.15) is 18.2 Å². The highest BCUT2D eigenvalue weighted by molar-refractivity contribution is 6.31. The summed E-state index contributed by atoms with van der Waals surface area (Å²) in [5.41, 5.74) is 4.79. The minimum Gasteiger partial charge on any atom is -0.488 e. The second-order valence-corrected chi connectivity index (χ2v) is 9.53. The molecule has 1 aliphatic heterocycles. The second-order valence-electron chi connectivity index (χ2n) is 9.09. The molecule has 0 radical (unpaired) electrons. The Balaban J connectivity index is 0.00000116. The lowest BCUT2D eigenvalue weighted by atomic mass is 10.0. The maximum atomic E-state index is 14.0. The molecule has 0 bridgehead atoms. The molecular weight excluding hydrogens is 557 g/mol. The number of nitrogens with zero attached hydrogens (tertiary/aromatic N) is 3. The molecule has 7 nitrogen and oxygen atoms in total. The summed E-state index contributed by atoms with van der Waals surface area (Å²) >= 11 is 6.24. The Morgan fingerprint density at radius 3 is 2.31 bits per heavy atom. The third-order valence-corrected chi connectivity index (χ3v) is 6.67. The van der Waals surface area contributed by atoms with Crippen LogP contribution in [-0.2, 0) is 42.7 Å². The number of aryl methyl sites for hydroxylation is 1. The average molecular weight is 594 g/mol. The van der Waals surface area contributed by atoms with Crippen molar-refractivity contribution >= 4 is 23.5 Å². The molecule has 1 aliphatic rings. The van der Waals surface area contributed by atoms with E-state index in [0.29, 0.717) is 21.9 Å². The van der Waals surface area contributed by atoms with Crippen LogP contribution in [0.1, 0.15) is 60.4 Å². The molecule has 0 aliphatic carbocycles. The van der Waals surface area contributed by atoms with Crippen molar-refractivity contribution in [3.05, 3.63) is 106 Å². The minimum atomic E-state index is -0.376. The van der Waals surface area contributed by atoms with Gasteiger partial charge in [-0.05, 0) is 47.0 Å². The molecule has 0 N–H and O–H groups in total. The van der Waals surface area contributed by atoms with Crippen LogP contribution in [0.5, 0.6) is 5.75 Å². The van der Waals surface area contributed by atoms with E-state index in [1.165, 1.54) is 19.2 Å².